The molecule has 0 aliphatic heterocycles. The summed E-state index contributed by atoms with van der Waals surface area (Å²) in [6, 6.07) is 13.1. The van der Waals surface area contributed by atoms with Crippen LogP contribution in [0.5, 0.6) is 17.2 Å². The second-order valence-corrected chi connectivity index (χ2v) is 6.28. The van der Waals surface area contributed by atoms with E-state index >= 15 is 0 Å². The Labute approximate surface area is 163 Å². The van der Waals surface area contributed by atoms with E-state index in [1.165, 1.54) is 17.4 Å². The van der Waals surface area contributed by atoms with Gasteiger partial charge in [0.1, 0.15) is 17.2 Å². The van der Waals surface area contributed by atoms with Crippen LogP contribution in [0.15, 0.2) is 53.9 Å². The largest absolute Gasteiger partial charge is 0.497 e. The summed E-state index contributed by atoms with van der Waals surface area (Å²) < 4.78 is 40.0. The number of carbonyl (C=O) groups excluding carboxylic acids is 1. The van der Waals surface area contributed by atoms with Gasteiger partial charge in [-0.15, -0.1) is 11.3 Å². The summed E-state index contributed by atoms with van der Waals surface area (Å²) in [7, 11) is 1.56. The number of alkyl halides is 2. The molecule has 0 aliphatic carbocycles. The first kappa shape index (κ1) is 19.6. The molecule has 146 valence electrons. The third-order valence-electron chi connectivity index (χ3n) is 3.56. The molecule has 1 amide bonds. The highest BCUT2D eigenvalue weighted by molar-refractivity contribution is 7.14. The van der Waals surface area contributed by atoms with Crippen LogP contribution in [0.2, 0.25) is 0 Å². The maximum absolute atomic E-state index is 12.5. The molecule has 0 radical (unpaired) electrons. The highest BCUT2D eigenvalue weighted by Gasteiger charge is 2.14. The number of nitrogens with zero attached hydrogens (tertiary/aromatic N) is 1. The van der Waals surface area contributed by atoms with Gasteiger partial charge in [-0.05, 0) is 36.4 Å². The topological polar surface area (TPSA) is 69.7 Å². The van der Waals surface area contributed by atoms with E-state index in [0.29, 0.717) is 27.9 Å². The van der Waals surface area contributed by atoms with Crippen molar-refractivity contribution in [2.45, 2.75) is 6.61 Å². The number of amides is 1. The van der Waals surface area contributed by atoms with E-state index < -0.39 is 12.5 Å². The number of benzene rings is 2. The fourth-order valence-electron chi connectivity index (χ4n) is 2.31. The van der Waals surface area contributed by atoms with Gasteiger partial charge in [-0.1, -0.05) is 12.1 Å². The first-order chi connectivity index (χ1) is 13.5. The molecule has 0 bridgehead atoms. The average Bonchev–Trinajstić information content (AvgIpc) is 3.15. The lowest BCUT2D eigenvalue weighted by Crippen LogP contribution is -2.20. The molecule has 0 saturated heterocycles. The van der Waals surface area contributed by atoms with Gasteiger partial charge in [-0.2, -0.15) is 8.78 Å². The number of halogens is 2. The van der Waals surface area contributed by atoms with Gasteiger partial charge in [0.05, 0.1) is 12.8 Å². The molecule has 0 fully saturated rings. The smallest absolute Gasteiger partial charge is 0.387 e. The van der Waals surface area contributed by atoms with Crippen LogP contribution in [0.4, 0.5) is 13.9 Å². The van der Waals surface area contributed by atoms with E-state index in [9.17, 15) is 13.6 Å². The molecule has 0 saturated carbocycles. The van der Waals surface area contributed by atoms with Crippen molar-refractivity contribution in [1.82, 2.24) is 4.98 Å². The number of ether oxygens (including phenoxy) is 3. The Morgan fingerprint density at radius 1 is 1.14 bits per heavy atom. The quantitative estimate of drug-likeness (QED) is 0.599. The normalized spacial score (nSPS) is 10.6. The molecular weight excluding hydrogens is 390 g/mol. The lowest BCUT2D eigenvalue weighted by Gasteiger charge is -2.08. The first-order valence-electron chi connectivity index (χ1n) is 8.11. The minimum absolute atomic E-state index is 0.0171. The standard InChI is InChI=1S/C19H16F2N2O4S/c1-25-12-6-8-13(9-7-12)26-10-17(24)23-19-22-15(11-28-19)14-4-2-3-5-16(14)27-18(20)21/h2-9,11,18H,10H2,1H3,(H,22,23,24). The van der Waals surface area contributed by atoms with Crippen LogP contribution in [0, 0.1) is 0 Å². The molecule has 1 aromatic heterocycles. The fourth-order valence-corrected chi connectivity index (χ4v) is 3.03. The number of para-hydroxylation sites is 1. The van der Waals surface area contributed by atoms with E-state index in [1.807, 2.05) is 0 Å². The summed E-state index contributed by atoms with van der Waals surface area (Å²) in [5.74, 6) is 0.828. The van der Waals surface area contributed by atoms with Crippen LogP contribution < -0.4 is 19.5 Å². The molecule has 0 atom stereocenters. The summed E-state index contributed by atoms with van der Waals surface area (Å²) in [6.07, 6.45) is 0. The first-order valence-corrected chi connectivity index (χ1v) is 8.99. The number of rotatable bonds is 8. The van der Waals surface area contributed by atoms with E-state index in [4.69, 9.17) is 9.47 Å². The molecule has 2 aromatic carbocycles. The lowest BCUT2D eigenvalue weighted by molar-refractivity contribution is -0.118. The summed E-state index contributed by atoms with van der Waals surface area (Å²) in [5.41, 5.74) is 0.835. The van der Waals surface area contributed by atoms with E-state index in [2.05, 4.69) is 15.0 Å². The fraction of sp³-hybridized carbons (Fsp3) is 0.158. The maximum Gasteiger partial charge on any atom is 0.387 e. The minimum Gasteiger partial charge on any atom is -0.497 e. The number of hydrogen-bond donors (Lipinski definition) is 1. The third-order valence-corrected chi connectivity index (χ3v) is 4.32. The maximum atomic E-state index is 12.5. The average molecular weight is 406 g/mol. The second kappa shape index (κ2) is 9.14. The van der Waals surface area contributed by atoms with Crippen LogP contribution in [0.1, 0.15) is 0 Å². The predicted molar refractivity (Wildman–Crippen MR) is 101 cm³/mol. The summed E-state index contributed by atoms with van der Waals surface area (Å²) in [5, 5.41) is 4.59. The van der Waals surface area contributed by atoms with Gasteiger partial charge in [0.2, 0.25) is 0 Å². The van der Waals surface area contributed by atoms with Crippen LogP contribution in [0.25, 0.3) is 11.3 Å². The van der Waals surface area contributed by atoms with E-state index in [-0.39, 0.29) is 12.4 Å². The molecule has 0 unspecified atom stereocenters. The zero-order valence-corrected chi connectivity index (χ0v) is 15.5. The zero-order valence-electron chi connectivity index (χ0n) is 14.7. The van der Waals surface area contributed by atoms with Gasteiger partial charge in [0.15, 0.2) is 11.7 Å². The molecule has 1 N–H and O–H groups in total. The Bertz CT molecular complexity index is 932. The zero-order chi connectivity index (χ0) is 19.9. The highest BCUT2D eigenvalue weighted by atomic mass is 32.1. The Balaban J connectivity index is 1.60. The van der Waals surface area contributed by atoms with Crippen molar-refractivity contribution >= 4 is 22.4 Å². The number of carbonyl (C=O) groups is 1. The molecule has 1 heterocycles. The van der Waals surface area contributed by atoms with Crippen LogP contribution in [-0.2, 0) is 4.79 Å². The lowest BCUT2D eigenvalue weighted by atomic mass is 10.1. The predicted octanol–water partition coefficient (Wildman–Crippen LogP) is 4.44. The second-order valence-electron chi connectivity index (χ2n) is 5.42. The van der Waals surface area contributed by atoms with Crippen LogP contribution in [0.3, 0.4) is 0 Å². The Hall–Kier alpha value is -3.20. The van der Waals surface area contributed by atoms with Crippen molar-refractivity contribution in [1.29, 1.82) is 0 Å². The van der Waals surface area contributed by atoms with Crippen molar-refractivity contribution in [3.05, 3.63) is 53.9 Å². The number of nitrogens with one attached hydrogen (secondary N) is 1. The monoisotopic (exact) mass is 406 g/mol. The van der Waals surface area contributed by atoms with E-state index in [1.54, 1.807) is 55.0 Å². The number of thiazole rings is 1. The number of anilines is 1. The molecule has 3 rings (SSSR count). The van der Waals surface area contributed by atoms with Gasteiger partial charge < -0.3 is 14.2 Å². The van der Waals surface area contributed by atoms with Crippen molar-refractivity contribution in [3.8, 4) is 28.5 Å². The van der Waals surface area contributed by atoms with Gasteiger partial charge in [-0.25, -0.2) is 4.98 Å². The van der Waals surface area contributed by atoms with Gasteiger partial charge in [0, 0.05) is 10.9 Å². The van der Waals surface area contributed by atoms with Crippen LogP contribution in [-0.4, -0.2) is 31.2 Å². The van der Waals surface area contributed by atoms with Crippen molar-refractivity contribution in [2.75, 3.05) is 19.0 Å². The molecule has 9 heteroatoms. The van der Waals surface area contributed by atoms with Crippen molar-refractivity contribution in [2.24, 2.45) is 0 Å². The summed E-state index contributed by atoms with van der Waals surface area (Å²) >= 11 is 1.17. The number of aromatic nitrogens is 1. The molecule has 6 nitrogen and oxygen atoms in total. The number of methoxy groups -OCH3 is 1. The number of hydrogen-bond acceptors (Lipinski definition) is 6. The van der Waals surface area contributed by atoms with Crippen LogP contribution >= 0.6 is 11.3 Å². The summed E-state index contributed by atoms with van der Waals surface area (Å²) in [6.45, 7) is -3.14. The molecule has 0 spiro atoms. The molecule has 3 aromatic rings. The molecule has 28 heavy (non-hydrogen) atoms. The molecule has 0 aliphatic rings. The van der Waals surface area contributed by atoms with Crippen molar-refractivity contribution < 1.29 is 27.8 Å². The SMILES string of the molecule is COc1ccc(OCC(=O)Nc2nc(-c3ccccc3OC(F)F)cs2)cc1. The Kier molecular flexibility index (Phi) is 6.38. The Morgan fingerprint density at radius 2 is 1.86 bits per heavy atom. The Morgan fingerprint density at radius 3 is 2.57 bits per heavy atom. The minimum atomic E-state index is -2.94. The third kappa shape index (κ3) is 5.17. The van der Waals surface area contributed by atoms with Gasteiger partial charge >= 0.3 is 6.61 Å². The summed E-state index contributed by atoms with van der Waals surface area (Å²) in [4.78, 5) is 16.3. The molecular formula is C19H16F2N2O4S. The van der Waals surface area contributed by atoms with Crippen molar-refractivity contribution in [3.63, 3.8) is 0 Å². The van der Waals surface area contributed by atoms with E-state index in [0.717, 1.165) is 0 Å². The van der Waals surface area contributed by atoms with Gasteiger partial charge in [0.25, 0.3) is 5.91 Å². The highest BCUT2D eigenvalue weighted by Crippen LogP contribution is 2.33. The van der Waals surface area contributed by atoms with Gasteiger partial charge in [-0.3, -0.25) is 10.1 Å².